The number of carbonyl (C=O) groups excluding carboxylic acids is 2. The van der Waals surface area contributed by atoms with Gasteiger partial charge < -0.3 is 20.2 Å². The number of carbonyl (C=O) groups is 2. The number of H-pyrrole nitrogens is 1. The van der Waals surface area contributed by atoms with Gasteiger partial charge in [-0.25, -0.2) is 4.98 Å². The van der Waals surface area contributed by atoms with Gasteiger partial charge in [-0.1, -0.05) is 58.3 Å². The molecule has 1 atom stereocenters. The Hall–Kier alpha value is -0.850. The Morgan fingerprint density at radius 2 is 1.72 bits per heavy atom. The number of rotatable bonds is 14. The molecule has 0 spiro atoms. The number of carboxylic acids is 1. The molecular formula is C18H30N3NaO3. The van der Waals surface area contributed by atoms with Crippen LogP contribution in [0.25, 0.3) is 0 Å². The second-order valence-corrected chi connectivity index (χ2v) is 6.30. The van der Waals surface area contributed by atoms with Crippen molar-refractivity contribution < 1.29 is 44.3 Å². The summed E-state index contributed by atoms with van der Waals surface area (Å²) >= 11 is 0. The van der Waals surface area contributed by atoms with Crippen LogP contribution in [-0.4, -0.2) is 27.9 Å². The number of nitrogens with zero attached hydrogens (tertiary/aromatic N) is 1. The molecule has 1 rings (SSSR count). The van der Waals surface area contributed by atoms with Crippen LogP contribution >= 0.6 is 0 Å². The van der Waals surface area contributed by atoms with Crippen molar-refractivity contribution in [2.45, 2.75) is 83.6 Å². The molecule has 0 aromatic carbocycles. The van der Waals surface area contributed by atoms with E-state index in [1.54, 1.807) is 6.20 Å². The monoisotopic (exact) mass is 359 g/mol. The molecule has 0 aliphatic carbocycles. The standard InChI is InChI=1S/C18H31N3O3.Na/c1-2-3-4-5-6-7-8-9-10-11-17(22)21-16(18(23)24)12-15-13-19-14-20-15;/h13-14,16H,2-12H2,1H3,(H,19,20)(H,21,22)(H,23,24);/q;+1/p-1. The third-order valence-electron chi connectivity index (χ3n) is 4.11. The van der Waals surface area contributed by atoms with Crippen molar-refractivity contribution in [3.63, 3.8) is 0 Å². The maximum absolute atomic E-state index is 11.9. The molecule has 0 bridgehead atoms. The molecule has 7 heteroatoms. The second-order valence-electron chi connectivity index (χ2n) is 6.30. The number of unbranched alkanes of at least 4 members (excludes halogenated alkanes) is 8. The average Bonchev–Trinajstić information content (AvgIpc) is 3.05. The zero-order valence-electron chi connectivity index (χ0n) is 15.7. The molecule has 2 N–H and O–H groups in total. The van der Waals surface area contributed by atoms with Gasteiger partial charge in [0.25, 0.3) is 0 Å². The topological polar surface area (TPSA) is 97.9 Å². The summed E-state index contributed by atoms with van der Waals surface area (Å²) in [5.41, 5.74) is 0.660. The van der Waals surface area contributed by atoms with Crippen LogP contribution in [0.2, 0.25) is 0 Å². The molecule has 0 aliphatic rings. The van der Waals surface area contributed by atoms with E-state index in [4.69, 9.17) is 0 Å². The summed E-state index contributed by atoms with van der Waals surface area (Å²) in [6, 6.07) is -1.02. The van der Waals surface area contributed by atoms with Crippen LogP contribution in [0.5, 0.6) is 0 Å². The summed E-state index contributed by atoms with van der Waals surface area (Å²) in [6.07, 6.45) is 14.2. The van der Waals surface area contributed by atoms with Crippen LogP contribution in [0.3, 0.4) is 0 Å². The van der Waals surface area contributed by atoms with Crippen LogP contribution in [0.15, 0.2) is 12.5 Å². The summed E-state index contributed by atoms with van der Waals surface area (Å²) in [5, 5.41) is 13.7. The summed E-state index contributed by atoms with van der Waals surface area (Å²) < 4.78 is 0. The Bertz CT molecular complexity index is 466. The normalized spacial score (nSPS) is 11.6. The van der Waals surface area contributed by atoms with Crippen LogP contribution in [-0.2, 0) is 16.0 Å². The Morgan fingerprint density at radius 3 is 2.24 bits per heavy atom. The van der Waals surface area contributed by atoms with E-state index in [1.165, 1.54) is 44.9 Å². The van der Waals surface area contributed by atoms with Gasteiger partial charge in [-0.05, 0) is 6.42 Å². The van der Waals surface area contributed by atoms with Gasteiger partial charge in [-0.3, -0.25) is 4.79 Å². The van der Waals surface area contributed by atoms with Crippen molar-refractivity contribution in [3.05, 3.63) is 18.2 Å². The molecule has 1 heterocycles. The van der Waals surface area contributed by atoms with Crippen LogP contribution in [0, 0.1) is 0 Å². The Labute approximate surface area is 172 Å². The van der Waals surface area contributed by atoms with Crippen molar-refractivity contribution in [1.29, 1.82) is 0 Å². The number of nitrogens with one attached hydrogen (secondary N) is 2. The first-order valence-corrected chi connectivity index (χ1v) is 9.11. The number of carboxylic acid groups (broad SMARTS) is 1. The smallest absolute Gasteiger partial charge is 0.548 e. The molecule has 1 aromatic heterocycles. The Balaban J connectivity index is 0.00000576. The van der Waals surface area contributed by atoms with E-state index in [0.29, 0.717) is 12.1 Å². The van der Waals surface area contributed by atoms with Gasteiger partial charge >= 0.3 is 29.6 Å². The first kappa shape index (κ1) is 24.1. The molecule has 0 saturated carbocycles. The van der Waals surface area contributed by atoms with Gasteiger partial charge in [0.2, 0.25) is 5.91 Å². The average molecular weight is 359 g/mol. The molecule has 0 aliphatic heterocycles. The van der Waals surface area contributed by atoms with Crippen molar-refractivity contribution in [2.75, 3.05) is 0 Å². The predicted octanol–water partition coefficient (Wildman–Crippen LogP) is -0.888. The van der Waals surface area contributed by atoms with E-state index < -0.39 is 12.0 Å². The summed E-state index contributed by atoms with van der Waals surface area (Å²) in [6.45, 7) is 2.21. The van der Waals surface area contributed by atoms with Crippen molar-refractivity contribution in [1.82, 2.24) is 15.3 Å². The SMILES string of the molecule is CCCCCCCCCCCC(=O)NC(Cc1cnc[nH]1)C(=O)[O-].[Na+]. The Morgan fingerprint density at radius 1 is 1.12 bits per heavy atom. The van der Waals surface area contributed by atoms with Crippen LogP contribution in [0.1, 0.15) is 76.8 Å². The number of amides is 1. The fourth-order valence-electron chi connectivity index (χ4n) is 2.67. The third-order valence-corrected chi connectivity index (χ3v) is 4.11. The van der Waals surface area contributed by atoms with E-state index in [2.05, 4.69) is 22.2 Å². The van der Waals surface area contributed by atoms with E-state index in [1.807, 2.05) is 0 Å². The number of imidazole rings is 1. The minimum absolute atomic E-state index is 0. The molecule has 25 heavy (non-hydrogen) atoms. The molecule has 136 valence electrons. The molecule has 1 aromatic rings. The van der Waals surface area contributed by atoms with E-state index in [0.717, 1.165) is 19.3 Å². The second kappa shape index (κ2) is 15.4. The molecular weight excluding hydrogens is 329 g/mol. The molecule has 0 fully saturated rings. The number of aliphatic carboxylic acids is 1. The van der Waals surface area contributed by atoms with Crippen molar-refractivity contribution in [2.24, 2.45) is 0 Å². The number of hydrogen-bond donors (Lipinski definition) is 2. The van der Waals surface area contributed by atoms with Gasteiger partial charge in [0.15, 0.2) is 0 Å². The maximum Gasteiger partial charge on any atom is 1.00 e. The van der Waals surface area contributed by atoms with Gasteiger partial charge in [0.1, 0.15) is 0 Å². The van der Waals surface area contributed by atoms with Gasteiger partial charge in [-0.2, -0.15) is 0 Å². The summed E-state index contributed by atoms with van der Waals surface area (Å²) in [5.74, 6) is -1.50. The van der Waals surface area contributed by atoms with E-state index >= 15 is 0 Å². The van der Waals surface area contributed by atoms with E-state index in [-0.39, 0.29) is 41.9 Å². The first-order valence-electron chi connectivity index (χ1n) is 9.11. The minimum Gasteiger partial charge on any atom is -0.548 e. The molecule has 0 saturated heterocycles. The fourth-order valence-corrected chi connectivity index (χ4v) is 2.67. The molecule has 1 amide bonds. The zero-order valence-corrected chi connectivity index (χ0v) is 17.7. The van der Waals surface area contributed by atoms with Crippen molar-refractivity contribution >= 4 is 11.9 Å². The molecule has 6 nitrogen and oxygen atoms in total. The largest absolute Gasteiger partial charge is 1.00 e. The number of aromatic amines is 1. The van der Waals surface area contributed by atoms with Gasteiger partial charge in [0.05, 0.1) is 18.3 Å². The quantitative estimate of drug-likeness (QED) is 0.333. The number of aromatic nitrogens is 2. The first-order chi connectivity index (χ1) is 11.6. The minimum atomic E-state index is -1.27. The van der Waals surface area contributed by atoms with E-state index in [9.17, 15) is 14.7 Å². The molecule has 0 radical (unpaired) electrons. The predicted molar refractivity (Wildman–Crippen MR) is 91.1 cm³/mol. The zero-order chi connectivity index (χ0) is 17.6. The Kier molecular flexibility index (Phi) is 14.9. The van der Waals surface area contributed by atoms with Crippen molar-refractivity contribution in [3.8, 4) is 0 Å². The van der Waals surface area contributed by atoms with Gasteiger partial charge in [-0.15, -0.1) is 0 Å². The van der Waals surface area contributed by atoms with Crippen LogP contribution in [0.4, 0.5) is 0 Å². The summed E-state index contributed by atoms with van der Waals surface area (Å²) in [7, 11) is 0. The van der Waals surface area contributed by atoms with Crippen LogP contribution < -0.4 is 40.0 Å². The maximum atomic E-state index is 11.9. The summed E-state index contributed by atoms with van der Waals surface area (Å²) in [4.78, 5) is 29.7. The van der Waals surface area contributed by atoms with Gasteiger partial charge in [0, 0.05) is 24.7 Å². The fraction of sp³-hybridized carbons (Fsp3) is 0.722. The number of hydrogen-bond acceptors (Lipinski definition) is 4. The molecule has 1 unspecified atom stereocenters. The third kappa shape index (κ3) is 12.2.